The smallest absolute Gasteiger partial charge is 0.242 e. The maximum atomic E-state index is 12.5. The molecule has 0 radical (unpaired) electrons. The maximum Gasteiger partial charge on any atom is 0.242 e. The summed E-state index contributed by atoms with van der Waals surface area (Å²) in [4.78, 5) is 28.0. The molecule has 4 rings (SSSR count). The quantitative estimate of drug-likeness (QED) is 0.777. The van der Waals surface area contributed by atoms with Gasteiger partial charge < -0.3 is 24.6 Å². The fourth-order valence-corrected chi connectivity index (χ4v) is 4.12. The van der Waals surface area contributed by atoms with Crippen LogP contribution in [0.5, 0.6) is 0 Å². The van der Waals surface area contributed by atoms with Gasteiger partial charge in [0, 0.05) is 26.1 Å². The van der Waals surface area contributed by atoms with Gasteiger partial charge in [-0.15, -0.1) is 0 Å². The number of imidazole rings is 1. The molecule has 2 aliphatic heterocycles. The van der Waals surface area contributed by atoms with Gasteiger partial charge >= 0.3 is 0 Å². The molecule has 4 heterocycles. The number of hydrogen-bond donors (Lipinski definition) is 2. The highest BCUT2D eigenvalue weighted by Gasteiger charge is 2.40. The summed E-state index contributed by atoms with van der Waals surface area (Å²) in [5.41, 5.74) is 0.372. The van der Waals surface area contributed by atoms with Gasteiger partial charge in [0.2, 0.25) is 5.91 Å². The predicted octanol–water partition coefficient (Wildman–Crippen LogP) is 0.717. The van der Waals surface area contributed by atoms with E-state index in [-0.39, 0.29) is 18.1 Å². The Morgan fingerprint density at radius 2 is 2.21 bits per heavy atom. The molecule has 3 atom stereocenters. The molecule has 1 amide bonds. The van der Waals surface area contributed by atoms with Gasteiger partial charge in [0.1, 0.15) is 18.0 Å². The lowest BCUT2D eigenvalue weighted by molar-refractivity contribution is -0.123. The van der Waals surface area contributed by atoms with Crippen LogP contribution in [0, 0.1) is 5.92 Å². The highest BCUT2D eigenvalue weighted by Crippen LogP contribution is 2.30. The number of amides is 1. The summed E-state index contributed by atoms with van der Waals surface area (Å²) in [6, 6.07) is -0.274. The molecule has 2 saturated heterocycles. The Kier molecular flexibility index (Phi) is 4.96. The summed E-state index contributed by atoms with van der Waals surface area (Å²) in [5, 5.41) is 13.9. The molecule has 0 aliphatic carbocycles. The van der Waals surface area contributed by atoms with Crippen LogP contribution < -0.4 is 10.2 Å². The normalized spacial score (nSPS) is 28.3. The minimum Gasteiger partial charge on any atom is -0.385 e. The molecule has 2 N–H and O–H groups in total. The number of fused-ring (bicyclic) bond motifs is 1. The third kappa shape index (κ3) is 3.33. The third-order valence-electron chi connectivity index (χ3n) is 5.78. The lowest BCUT2D eigenvalue weighted by Crippen LogP contribution is -2.56. The first-order valence-electron chi connectivity index (χ1n) is 9.93. The van der Waals surface area contributed by atoms with Crippen molar-refractivity contribution in [1.82, 2.24) is 24.8 Å². The Bertz CT molecular complexity index is 868. The van der Waals surface area contributed by atoms with Gasteiger partial charge in [-0.1, -0.05) is 13.8 Å². The van der Waals surface area contributed by atoms with Gasteiger partial charge in [-0.3, -0.25) is 4.79 Å². The van der Waals surface area contributed by atoms with Crippen molar-refractivity contribution in [3.8, 4) is 0 Å². The van der Waals surface area contributed by atoms with Gasteiger partial charge in [0.05, 0.1) is 19.0 Å². The predicted molar refractivity (Wildman–Crippen MR) is 104 cm³/mol. The summed E-state index contributed by atoms with van der Waals surface area (Å²) in [5.74, 6) is 1.08. The molecule has 0 saturated carbocycles. The fourth-order valence-electron chi connectivity index (χ4n) is 4.12. The standard InChI is InChI=1S/C19H28N6O3/c1-12(2)8-14-18(26)20-5-6-25(14)17-15-16(21-10-22-17)24(11-23-15)9-19(27)4-7-28-13(19)3/h10-14,27H,4-9H2,1-3H3,(H,20,26). The minimum atomic E-state index is -0.941. The number of rotatable bonds is 5. The SMILES string of the molecule is CC(C)CC1C(=O)NCCN1c1ncnc2c1ncn2CC1(O)CCOC1C. The third-order valence-corrected chi connectivity index (χ3v) is 5.78. The lowest BCUT2D eigenvalue weighted by atomic mass is 9.97. The van der Waals surface area contributed by atoms with Crippen molar-refractivity contribution in [2.45, 2.75) is 57.9 Å². The van der Waals surface area contributed by atoms with E-state index in [0.717, 1.165) is 6.42 Å². The van der Waals surface area contributed by atoms with Crippen LogP contribution in [-0.2, 0) is 16.1 Å². The van der Waals surface area contributed by atoms with E-state index < -0.39 is 5.60 Å². The molecule has 28 heavy (non-hydrogen) atoms. The number of nitrogens with zero attached hydrogens (tertiary/aromatic N) is 5. The molecule has 3 unspecified atom stereocenters. The van der Waals surface area contributed by atoms with E-state index in [0.29, 0.717) is 55.6 Å². The molecular weight excluding hydrogens is 360 g/mol. The Morgan fingerprint density at radius 3 is 2.93 bits per heavy atom. The first-order valence-corrected chi connectivity index (χ1v) is 9.93. The van der Waals surface area contributed by atoms with Crippen molar-refractivity contribution < 1.29 is 14.6 Å². The van der Waals surface area contributed by atoms with Crippen molar-refractivity contribution in [2.75, 3.05) is 24.6 Å². The van der Waals surface area contributed by atoms with Gasteiger partial charge in [0.25, 0.3) is 0 Å². The summed E-state index contributed by atoms with van der Waals surface area (Å²) >= 11 is 0. The van der Waals surface area contributed by atoms with Crippen LogP contribution in [0.15, 0.2) is 12.7 Å². The molecule has 0 spiro atoms. The number of carbonyl (C=O) groups is 1. The fraction of sp³-hybridized carbons (Fsp3) is 0.684. The van der Waals surface area contributed by atoms with Crippen molar-refractivity contribution in [1.29, 1.82) is 0 Å². The lowest BCUT2D eigenvalue weighted by Gasteiger charge is -2.36. The molecule has 2 aromatic rings. The average molecular weight is 388 g/mol. The molecule has 2 aliphatic rings. The first kappa shape index (κ1) is 19.1. The second-order valence-corrected chi connectivity index (χ2v) is 8.24. The molecule has 9 heteroatoms. The van der Waals surface area contributed by atoms with E-state index >= 15 is 0 Å². The summed E-state index contributed by atoms with van der Waals surface area (Å²) in [7, 11) is 0. The van der Waals surface area contributed by atoms with E-state index in [1.54, 1.807) is 6.33 Å². The Balaban J connectivity index is 1.69. The van der Waals surface area contributed by atoms with Crippen LogP contribution in [0.25, 0.3) is 11.2 Å². The van der Waals surface area contributed by atoms with Crippen molar-refractivity contribution in [3.05, 3.63) is 12.7 Å². The number of nitrogens with one attached hydrogen (secondary N) is 1. The Labute approximate surface area is 164 Å². The number of piperazine rings is 1. The second-order valence-electron chi connectivity index (χ2n) is 8.24. The van der Waals surface area contributed by atoms with Crippen molar-refractivity contribution in [2.24, 2.45) is 5.92 Å². The second kappa shape index (κ2) is 7.29. The minimum absolute atomic E-state index is 0.0254. The van der Waals surface area contributed by atoms with Gasteiger partial charge in [-0.2, -0.15) is 0 Å². The number of ether oxygens (including phenoxy) is 1. The molecule has 0 bridgehead atoms. The largest absolute Gasteiger partial charge is 0.385 e. The van der Waals surface area contributed by atoms with Crippen LogP contribution in [0.4, 0.5) is 5.82 Å². The van der Waals surface area contributed by atoms with E-state index in [2.05, 4.69) is 34.1 Å². The number of aromatic nitrogens is 4. The highest BCUT2D eigenvalue weighted by atomic mass is 16.5. The topological polar surface area (TPSA) is 105 Å². The van der Waals surface area contributed by atoms with E-state index in [1.165, 1.54) is 6.33 Å². The summed E-state index contributed by atoms with van der Waals surface area (Å²) in [6.45, 7) is 8.26. The van der Waals surface area contributed by atoms with E-state index in [9.17, 15) is 9.90 Å². The van der Waals surface area contributed by atoms with Crippen molar-refractivity contribution in [3.63, 3.8) is 0 Å². The molecule has 9 nitrogen and oxygen atoms in total. The van der Waals surface area contributed by atoms with Crippen molar-refractivity contribution >= 4 is 22.9 Å². The zero-order chi connectivity index (χ0) is 19.9. The van der Waals surface area contributed by atoms with Gasteiger partial charge in [-0.25, -0.2) is 15.0 Å². The Hall–Kier alpha value is -2.26. The van der Waals surface area contributed by atoms with Gasteiger partial charge in [0.15, 0.2) is 17.0 Å². The first-order chi connectivity index (χ1) is 13.4. The van der Waals surface area contributed by atoms with Crippen LogP contribution in [0.1, 0.15) is 33.6 Å². The zero-order valence-corrected chi connectivity index (χ0v) is 16.6. The summed E-state index contributed by atoms with van der Waals surface area (Å²) < 4.78 is 7.40. The van der Waals surface area contributed by atoms with Crippen LogP contribution in [0.2, 0.25) is 0 Å². The number of carbonyl (C=O) groups excluding carboxylic acids is 1. The van der Waals surface area contributed by atoms with Gasteiger partial charge in [-0.05, 0) is 19.3 Å². The number of hydrogen-bond acceptors (Lipinski definition) is 7. The Morgan fingerprint density at radius 1 is 1.39 bits per heavy atom. The highest BCUT2D eigenvalue weighted by molar-refractivity contribution is 5.90. The zero-order valence-electron chi connectivity index (χ0n) is 16.6. The van der Waals surface area contributed by atoms with Crippen LogP contribution in [-0.4, -0.2) is 68.0 Å². The summed E-state index contributed by atoms with van der Waals surface area (Å²) in [6.07, 6.45) is 4.27. The maximum absolute atomic E-state index is 12.5. The van der Waals surface area contributed by atoms with Crippen LogP contribution in [0.3, 0.4) is 0 Å². The van der Waals surface area contributed by atoms with Crippen LogP contribution >= 0.6 is 0 Å². The number of anilines is 1. The average Bonchev–Trinajstić information content (AvgIpc) is 3.20. The molecular formula is C19H28N6O3. The van der Waals surface area contributed by atoms with E-state index in [1.807, 2.05) is 16.4 Å². The molecule has 0 aromatic carbocycles. The molecule has 152 valence electrons. The number of aliphatic hydroxyl groups is 1. The monoisotopic (exact) mass is 388 g/mol. The molecule has 2 fully saturated rings. The van der Waals surface area contributed by atoms with E-state index in [4.69, 9.17) is 4.74 Å². The molecule has 2 aromatic heterocycles.